The monoisotopic (exact) mass is 354 g/mol. The number of aryl methyl sites for hydroxylation is 1. The molecule has 0 amide bonds. The van der Waals surface area contributed by atoms with Gasteiger partial charge in [0.1, 0.15) is 0 Å². The zero-order chi connectivity index (χ0) is 18.0. The van der Waals surface area contributed by atoms with Gasteiger partial charge < -0.3 is 4.74 Å². The van der Waals surface area contributed by atoms with Gasteiger partial charge in [-0.15, -0.1) is 11.8 Å². The molecule has 1 aliphatic heterocycles. The van der Waals surface area contributed by atoms with E-state index in [1.807, 2.05) is 30.5 Å². The third kappa shape index (κ3) is 3.61. The van der Waals surface area contributed by atoms with Crippen LogP contribution in [-0.4, -0.2) is 23.0 Å². The zero-order valence-corrected chi connectivity index (χ0v) is 14.4. The molecule has 3 rings (SSSR count). The van der Waals surface area contributed by atoms with Crippen LogP contribution >= 0.6 is 11.8 Å². The largest absolute Gasteiger partial charge is 0.402 e. The van der Waals surface area contributed by atoms with Crippen LogP contribution in [-0.2, 0) is 9.53 Å². The smallest absolute Gasteiger partial charge is 0.363 e. The number of cyclic esters (lactones) is 1. The lowest BCUT2D eigenvalue weighted by molar-refractivity contribution is -0.385. The van der Waals surface area contributed by atoms with Crippen molar-refractivity contribution in [2.45, 2.75) is 11.8 Å². The molecule has 0 spiro atoms. The van der Waals surface area contributed by atoms with Crippen LogP contribution in [0.15, 0.2) is 58.0 Å². The lowest BCUT2D eigenvalue weighted by Gasteiger charge is -2.01. The fourth-order valence-corrected chi connectivity index (χ4v) is 2.74. The highest BCUT2D eigenvalue weighted by Crippen LogP contribution is 2.24. The molecule has 0 aliphatic carbocycles. The van der Waals surface area contributed by atoms with Gasteiger partial charge in [0, 0.05) is 22.1 Å². The third-order valence-electron chi connectivity index (χ3n) is 3.69. The van der Waals surface area contributed by atoms with Crippen LogP contribution in [0, 0.1) is 17.0 Å². The molecule has 2 aromatic rings. The maximum Gasteiger partial charge on any atom is 0.363 e. The van der Waals surface area contributed by atoms with Crippen molar-refractivity contribution >= 4 is 35.4 Å². The van der Waals surface area contributed by atoms with E-state index in [0.29, 0.717) is 11.1 Å². The average molecular weight is 354 g/mol. The van der Waals surface area contributed by atoms with Gasteiger partial charge in [-0.1, -0.05) is 18.2 Å². The Kier molecular flexibility index (Phi) is 4.67. The second-order valence-electron chi connectivity index (χ2n) is 5.37. The molecule has 6 nitrogen and oxygen atoms in total. The maximum atomic E-state index is 12.0. The molecule has 0 fully saturated rings. The Balaban J connectivity index is 1.93. The number of carbonyl (C=O) groups is 1. The summed E-state index contributed by atoms with van der Waals surface area (Å²) in [4.78, 5) is 27.9. The van der Waals surface area contributed by atoms with Crippen molar-refractivity contribution in [3.8, 4) is 0 Å². The topological polar surface area (TPSA) is 81.8 Å². The maximum absolute atomic E-state index is 12.0. The Morgan fingerprint density at radius 3 is 2.56 bits per heavy atom. The minimum absolute atomic E-state index is 0.0404. The van der Waals surface area contributed by atoms with Crippen LogP contribution in [0.1, 0.15) is 16.7 Å². The van der Waals surface area contributed by atoms with Crippen molar-refractivity contribution in [1.29, 1.82) is 0 Å². The van der Waals surface area contributed by atoms with Crippen LogP contribution in [0.3, 0.4) is 0 Å². The first-order chi connectivity index (χ1) is 12.0. The summed E-state index contributed by atoms with van der Waals surface area (Å²) >= 11 is 1.63. The van der Waals surface area contributed by atoms with Gasteiger partial charge in [0.2, 0.25) is 5.90 Å². The Morgan fingerprint density at radius 2 is 1.92 bits per heavy atom. The van der Waals surface area contributed by atoms with Crippen molar-refractivity contribution in [2.75, 3.05) is 6.26 Å². The molecule has 0 N–H and O–H groups in total. The van der Waals surface area contributed by atoms with E-state index in [2.05, 4.69) is 4.99 Å². The first kappa shape index (κ1) is 16.9. The Bertz CT molecular complexity index is 917. The molecule has 0 bridgehead atoms. The summed E-state index contributed by atoms with van der Waals surface area (Å²) in [5, 5.41) is 11.1. The average Bonchev–Trinajstić information content (AvgIpc) is 2.96. The molecule has 0 aromatic heterocycles. The van der Waals surface area contributed by atoms with Gasteiger partial charge >= 0.3 is 5.97 Å². The number of carbonyl (C=O) groups excluding carboxylic acids is 1. The number of esters is 1. The standard InChI is InChI=1S/C18H14N2O4S/c1-11-3-6-13(10-16(11)20(22)23)17-19-15(18(21)24-17)9-12-4-7-14(25-2)8-5-12/h3-10H,1-2H3. The van der Waals surface area contributed by atoms with Crippen LogP contribution in [0.5, 0.6) is 0 Å². The minimum atomic E-state index is -0.577. The van der Waals surface area contributed by atoms with Gasteiger partial charge in [0.25, 0.3) is 5.69 Å². The second kappa shape index (κ2) is 6.90. The predicted octanol–water partition coefficient (Wildman–Crippen LogP) is 3.97. The number of benzene rings is 2. The molecule has 0 unspecified atom stereocenters. The van der Waals surface area contributed by atoms with E-state index in [9.17, 15) is 14.9 Å². The normalized spacial score (nSPS) is 15.2. The summed E-state index contributed by atoms with van der Waals surface area (Å²) in [6.45, 7) is 1.65. The molecule has 0 saturated heterocycles. The van der Waals surface area contributed by atoms with Gasteiger partial charge in [-0.25, -0.2) is 9.79 Å². The van der Waals surface area contributed by atoms with E-state index in [1.54, 1.807) is 36.9 Å². The van der Waals surface area contributed by atoms with Crippen LogP contribution in [0.4, 0.5) is 5.69 Å². The van der Waals surface area contributed by atoms with Crippen molar-refractivity contribution in [3.05, 3.63) is 75.0 Å². The van der Waals surface area contributed by atoms with Crippen molar-refractivity contribution in [3.63, 3.8) is 0 Å². The van der Waals surface area contributed by atoms with Crippen LogP contribution in [0.2, 0.25) is 0 Å². The van der Waals surface area contributed by atoms with E-state index in [1.165, 1.54) is 6.07 Å². The van der Waals surface area contributed by atoms with Gasteiger partial charge in [0.15, 0.2) is 5.70 Å². The number of ether oxygens (including phenoxy) is 1. The van der Waals surface area contributed by atoms with Crippen molar-refractivity contribution in [1.82, 2.24) is 0 Å². The van der Waals surface area contributed by atoms with Crippen molar-refractivity contribution in [2.24, 2.45) is 4.99 Å². The molecule has 7 heteroatoms. The highest BCUT2D eigenvalue weighted by Gasteiger charge is 2.25. The second-order valence-corrected chi connectivity index (χ2v) is 6.25. The summed E-state index contributed by atoms with van der Waals surface area (Å²) in [6, 6.07) is 12.3. The van der Waals surface area contributed by atoms with Gasteiger partial charge in [-0.2, -0.15) is 0 Å². The fourth-order valence-electron chi connectivity index (χ4n) is 2.33. The van der Waals surface area contributed by atoms with Gasteiger partial charge in [0.05, 0.1) is 4.92 Å². The van der Waals surface area contributed by atoms with E-state index >= 15 is 0 Å². The van der Waals surface area contributed by atoms with Crippen LogP contribution < -0.4 is 0 Å². The molecule has 0 atom stereocenters. The SMILES string of the molecule is CSc1ccc(C=C2N=C(c3ccc(C)c([N+](=O)[O-])c3)OC2=O)cc1. The summed E-state index contributed by atoms with van der Waals surface area (Å²) in [5.74, 6) is -0.507. The zero-order valence-electron chi connectivity index (χ0n) is 13.6. The molecular weight excluding hydrogens is 340 g/mol. The highest BCUT2D eigenvalue weighted by atomic mass is 32.2. The molecule has 25 heavy (non-hydrogen) atoms. The lowest BCUT2D eigenvalue weighted by atomic mass is 10.1. The van der Waals surface area contributed by atoms with E-state index in [-0.39, 0.29) is 17.3 Å². The quantitative estimate of drug-likeness (QED) is 0.273. The first-order valence-corrected chi connectivity index (χ1v) is 8.62. The molecule has 0 radical (unpaired) electrons. The molecule has 1 aliphatic rings. The number of hydrogen-bond donors (Lipinski definition) is 0. The third-order valence-corrected chi connectivity index (χ3v) is 4.44. The molecule has 2 aromatic carbocycles. The number of nitro groups is 1. The minimum Gasteiger partial charge on any atom is -0.402 e. The summed E-state index contributed by atoms with van der Waals surface area (Å²) in [6.07, 6.45) is 3.61. The highest BCUT2D eigenvalue weighted by molar-refractivity contribution is 7.98. The number of hydrogen-bond acceptors (Lipinski definition) is 6. The Hall–Kier alpha value is -2.93. The molecular formula is C18H14N2O4S. The number of nitro benzene ring substituents is 1. The molecule has 126 valence electrons. The predicted molar refractivity (Wildman–Crippen MR) is 96.7 cm³/mol. The number of thioether (sulfide) groups is 1. The number of rotatable bonds is 4. The lowest BCUT2D eigenvalue weighted by Crippen LogP contribution is -2.06. The van der Waals surface area contributed by atoms with Gasteiger partial charge in [-0.3, -0.25) is 10.1 Å². The fraction of sp³-hybridized carbons (Fsp3) is 0.111. The van der Waals surface area contributed by atoms with E-state index in [4.69, 9.17) is 4.74 Å². The van der Waals surface area contributed by atoms with Crippen molar-refractivity contribution < 1.29 is 14.5 Å². The first-order valence-electron chi connectivity index (χ1n) is 7.40. The van der Waals surface area contributed by atoms with Gasteiger partial charge in [-0.05, 0) is 43.0 Å². The Labute approximate surface area is 148 Å². The van der Waals surface area contributed by atoms with Crippen LogP contribution in [0.25, 0.3) is 6.08 Å². The van der Waals surface area contributed by atoms with E-state index < -0.39 is 10.9 Å². The summed E-state index contributed by atoms with van der Waals surface area (Å²) in [5.41, 5.74) is 1.87. The number of nitrogens with zero attached hydrogens (tertiary/aromatic N) is 2. The Morgan fingerprint density at radius 1 is 1.20 bits per heavy atom. The summed E-state index contributed by atoms with van der Waals surface area (Å²) < 4.78 is 5.17. The number of aliphatic imine (C=N–C) groups is 1. The molecule has 1 heterocycles. The van der Waals surface area contributed by atoms with E-state index in [0.717, 1.165) is 10.5 Å². The molecule has 0 saturated carbocycles. The summed E-state index contributed by atoms with van der Waals surface area (Å²) in [7, 11) is 0.